The lowest BCUT2D eigenvalue weighted by molar-refractivity contribution is 0.201. The smallest absolute Gasteiger partial charge is 0.411 e. The molecule has 0 bridgehead atoms. The van der Waals surface area contributed by atoms with Gasteiger partial charge in [0.25, 0.3) is 0 Å². The van der Waals surface area contributed by atoms with E-state index >= 15 is 0 Å². The fraction of sp³-hybridized carbons (Fsp3) is 0.462. The van der Waals surface area contributed by atoms with Crippen molar-refractivity contribution in [1.29, 1.82) is 0 Å². The summed E-state index contributed by atoms with van der Waals surface area (Å²) in [7, 11) is 0. The van der Waals surface area contributed by atoms with Crippen molar-refractivity contribution in [2.24, 2.45) is 5.92 Å². The van der Waals surface area contributed by atoms with Crippen molar-refractivity contribution in [3.8, 4) is 0 Å². The number of nitrogens with zero attached hydrogens (tertiary/aromatic N) is 1. The number of halogens is 1. The van der Waals surface area contributed by atoms with Gasteiger partial charge in [-0.15, -0.1) is 11.6 Å². The third-order valence-electron chi connectivity index (χ3n) is 2.62. The lowest BCUT2D eigenvalue weighted by atomic mass is 10.1. The Bertz CT molecular complexity index is 393. The molecule has 1 amide bonds. The van der Waals surface area contributed by atoms with E-state index in [1.165, 1.54) is 4.90 Å². The highest BCUT2D eigenvalue weighted by atomic mass is 35.5. The second kappa shape index (κ2) is 5.92. The van der Waals surface area contributed by atoms with Crippen molar-refractivity contribution in [1.82, 2.24) is 0 Å². The summed E-state index contributed by atoms with van der Waals surface area (Å²) in [6.07, 6.45) is -0.970. The first kappa shape index (κ1) is 13.8. The van der Waals surface area contributed by atoms with Crippen LogP contribution in [0.1, 0.15) is 19.4 Å². The highest BCUT2D eigenvalue weighted by Crippen LogP contribution is 2.20. The maximum atomic E-state index is 11.2. The first-order chi connectivity index (χ1) is 7.91. The summed E-state index contributed by atoms with van der Waals surface area (Å²) >= 11 is 6.14. The number of aryl methyl sites for hydroxylation is 1. The van der Waals surface area contributed by atoms with Gasteiger partial charge in [0.15, 0.2) is 0 Å². The predicted octanol–water partition coefficient (Wildman–Crippen LogP) is 3.74. The Hall–Kier alpha value is -1.22. The van der Waals surface area contributed by atoms with Crippen molar-refractivity contribution < 1.29 is 9.90 Å². The van der Waals surface area contributed by atoms with Gasteiger partial charge in [-0.2, -0.15) is 0 Å². The molecule has 1 rings (SSSR count). The van der Waals surface area contributed by atoms with E-state index < -0.39 is 6.09 Å². The number of benzene rings is 1. The number of alkyl halides is 1. The van der Waals surface area contributed by atoms with Gasteiger partial charge in [-0.05, 0) is 30.5 Å². The molecule has 17 heavy (non-hydrogen) atoms. The van der Waals surface area contributed by atoms with Gasteiger partial charge in [-0.3, -0.25) is 4.90 Å². The fourth-order valence-corrected chi connectivity index (χ4v) is 1.61. The van der Waals surface area contributed by atoms with Crippen LogP contribution in [0.25, 0.3) is 0 Å². The quantitative estimate of drug-likeness (QED) is 0.833. The van der Waals surface area contributed by atoms with Gasteiger partial charge in [0.2, 0.25) is 0 Å². The molecule has 3 nitrogen and oxygen atoms in total. The zero-order valence-corrected chi connectivity index (χ0v) is 11.1. The Kier molecular flexibility index (Phi) is 4.82. The summed E-state index contributed by atoms with van der Waals surface area (Å²) in [5, 5.41) is 9.03. The van der Waals surface area contributed by atoms with Crippen LogP contribution in [0.4, 0.5) is 10.5 Å². The molecule has 1 atom stereocenters. The van der Waals surface area contributed by atoms with Gasteiger partial charge < -0.3 is 5.11 Å². The molecule has 0 saturated heterocycles. The topological polar surface area (TPSA) is 40.5 Å². The molecule has 1 unspecified atom stereocenters. The van der Waals surface area contributed by atoms with E-state index in [4.69, 9.17) is 11.6 Å². The van der Waals surface area contributed by atoms with Gasteiger partial charge in [0.05, 0.1) is 5.38 Å². The largest absolute Gasteiger partial charge is 0.465 e. The Balaban J connectivity index is 2.90. The summed E-state index contributed by atoms with van der Waals surface area (Å²) in [6, 6.07) is 7.41. The first-order valence-electron chi connectivity index (χ1n) is 5.63. The van der Waals surface area contributed by atoms with Crippen molar-refractivity contribution in [3.63, 3.8) is 0 Å². The Labute approximate surface area is 107 Å². The van der Waals surface area contributed by atoms with Crippen LogP contribution in [0.15, 0.2) is 24.3 Å². The number of anilines is 1. The maximum Gasteiger partial charge on any atom is 0.411 e. The summed E-state index contributed by atoms with van der Waals surface area (Å²) in [5.74, 6) is 0.239. The Morgan fingerprint density at radius 1 is 1.47 bits per heavy atom. The monoisotopic (exact) mass is 255 g/mol. The number of amides is 1. The average molecular weight is 256 g/mol. The number of hydrogen-bond acceptors (Lipinski definition) is 1. The highest BCUT2D eigenvalue weighted by Gasteiger charge is 2.20. The third-order valence-corrected chi connectivity index (χ3v) is 3.27. The van der Waals surface area contributed by atoms with Gasteiger partial charge >= 0.3 is 6.09 Å². The molecule has 1 aromatic carbocycles. The molecular weight excluding hydrogens is 238 g/mol. The molecule has 94 valence electrons. The van der Waals surface area contributed by atoms with Crippen molar-refractivity contribution >= 4 is 23.4 Å². The molecule has 0 spiro atoms. The molecule has 0 aromatic heterocycles. The van der Waals surface area contributed by atoms with Crippen LogP contribution in [0.3, 0.4) is 0 Å². The molecule has 0 radical (unpaired) electrons. The predicted molar refractivity (Wildman–Crippen MR) is 71.0 cm³/mol. The molecule has 0 aliphatic rings. The summed E-state index contributed by atoms with van der Waals surface area (Å²) in [5.41, 5.74) is 1.70. The van der Waals surface area contributed by atoms with Crippen LogP contribution in [0, 0.1) is 12.8 Å². The van der Waals surface area contributed by atoms with E-state index in [1.54, 1.807) is 6.07 Å². The van der Waals surface area contributed by atoms with Crippen LogP contribution < -0.4 is 4.90 Å². The molecule has 1 N–H and O–H groups in total. The van der Waals surface area contributed by atoms with E-state index in [9.17, 15) is 9.90 Å². The van der Waals surface area contributed by atoms with Gasteiger partial charge in [-0.1, -0.05) is 26.0 Å². The van der Waals surface area contributed by atoms with Gasteiger partial charge in [0.1, 0.15) is 0 Å². The second-order valence-electron chi connectivity index (χ2n) is 4.49. The number of rotatable bonds is 4. The molecule has 0 fully saturated rings. The minimum absolute atomic E-state index is 0.188. The number of hydrogen-bond donors (Lipinski definition) is 1. The summed E-state index contributed by atoms with van der Waals surface area (Å²) < 4.78 is 0. The molecule has 0 aliphatic carbocycles. The Morgan fingerprint density at radius 3 is 2.59 bits per heavy atom. The first-order valence-corrected chi connectivity index (χ1v) is 6.06. The molecule has 1 aromatic rings. The maximum absolute atomic E-state index is 11.2. The van der Waals surface area contributed by atoms with Crippen LogP contribution in [0.5, 0.6) is 0 Å². The van der Waals surface area contributed by atoms with E-state index in [0.29, 0.717) is 12.2 Å². The van der Waals surface area contributed by atoms with Crippen molar-refractivity contribution in [2.75, 3.05) is 11.4 Å². The van der Waals surface area contributed by atoms with E-state index in [2.05, 4.69) is 0 Å². The highest BCUT2D eigenvalue weighted by molar-refractivity contribution is 6.21. The summed E-state index contributed by atoms with van der Waals surface area (Å²) in [6.45, 7) is 6.20. The standard InChI is InChI=1S/C13H18ClNO2/c1-9(2)12(14)8-15(13(16)17)11-6-4-5-10(3)7-11/h4-7,9,12H,8H2,1-3H3,(H,16,17). The van der Waals surface area contributed by atoms with Crippen molar-refractivity contribution in [2.45, 2.75) is 26.1 Å². The zero-order valence-electron chi connectivity index (χ0n) is 10.4. The van der Waals surface area contributed by atoms with Crippen LogP contribution >= 0.6 is 11.6 Å². The molecule has 0 heterocycles. The minimum atomic E-state index is -0.970. The normalized spacial score (nSPS) is 12.5. The molecular formula is C13H18ClNO2. The van der Waals surface area contributed by atoms with Crippen LogP contribution in [0.2, 0.25) is 0 Å². The van der Waals surface area contributed by atoms with Gasteiger partial charge in [-0.25, -0.2) is 4.79 Å². The van der Waals surface area contributed by atoms with E-state index in [0.717, 1.165) is 5.56 Å². The van der Waals surface area contributed by atoms with E-state index in [1.807, 2.05) is 39.0 Å². The SMILES string of the molecule is Cc1cccc(N(CC(Cl)C(C)C)C(=O)O)c1. The summed E-state index contributed by atoms with van der Waals surface area (Å²) in [4.78, 5) is 12.5. The Morgan fingerprint density at radius 2 is 2.12 bits per heavy atom. The lowest BCUT2D eigenvalue weighted by Gasteiger charge is -2.24. The van der Waals surface area contributed by atoms with Gasteiger partial charge in [0, 0.05) is 12.2 Å². The number of carbonyl (C=O) groups is 1. The second-order valence-corrected chi connectivity index (χ2v) is 5.05. The third kappa shape index (κ3) is 3.93. The molecule has 0 saturated carbocycles. The average Bonchev–Trinajstić information content (AvgIpc) is 2.24. The zero-order chi connectivity index (χ0) is 13.0. The van der Waals surface area contributed by atoms with Crippen molar-refractivity contribution in [3.05, 3.63) is 29.8 Å². The van der Waals surface area contributed by atoms with Crippen LogP contribution in [-0.2, 0) is 0 Å². The van der Waals surface area contributed by atoms with E-state index in [-0.39, 0.29) is 11.3 Å². The lowest BCUT2D eigenvalue weighted by Crippen LogP contribution is -2.36. The van der Waals surface area contributed by atoms with Crippen LogP contribution in [-0.4, -0.2) is 23.1 Å². The number of carboxylic acid groups (broad SMARTS) is 1. The molecule has 4 heteroatoms. The fourth-order valence-electron chi connectivity index (χ4n) is 1.48. The minimum Gasteiger partial charge on any atom is -0.465 e. The molecule has 0 aliphatic heterocycles.